The lowest BCUT2D eigenvalue weighted by atomic mass is 9.49. The van der Waals surface area contributed by atoms with Crippen LogP contribution in [0.1, 0.15) is 29.9 Å². The van der Waals surface area contributed by atoms with Gasteiger partial charge in [-0.25, -0.2) is 4.98 Å². The molecule has 15 heteroatoms. The van der Waals surface area contributed by atoms with Crippen molar-refractivity contribution in [2.75, 3.05) is 24.5 Å². The number of para-hydroxylation sites is 2. The minimum absolute atomic E-state index is 0.0719. The number of hydrazine groups is 1. The molecule has 312 valence electrons. The number of fused-ring (bicyclic) bond motifs is 5. The molecule has 6 aromatic rings. The van der Waals surface area contributed by atoms with E-state index in [0.717, 1.165) is 10.6 Å². The van der Waals surface area contributed by atoms with Crippen LogP contribution >= 0.6 is 45.8 Å². The largest absolute Gasteiger partial charge is 0.504 e. The second-order valence-corrected chi connectivity index (χ2v) is 17.8. The van der Waals surface area contributed by atoms with Gasteiger partial charge in [-0.1, -0.05) is 59.1 Å². The number of aromatic hydroxyl groups is 1. The maximum atomic E-state index is 15.6. The lowest BCUT2D eigenvalue weighted by Gasteiger charge is -2.50. The van der Waals surface area contributed by atoms with Crippen molar-refractivity contribution >= 4 is 91.9 Å². The minimum atomic E-state index is -1.60. The number of aromatic nitrogens is 1. The smallest absolute Gasteiger partial charge is 0.260 e. The molecule has 3 heterocycles. The Hall–Kier alpha value is -5.90. The summed E-state index contributed by atoms with van der Waals surface area (Å²) in [5.41, 5.74) is 5.98. The normalized spacial score (nSPS) is 24.2. The molecule has 4 amide bonds. The molecule has 10 rings (SSSR count). The molecule has 1 saturated carbocycles. The van der Waals surface area contributed by atoms with Gasteiger partial charge < -0.3 is 19.0 Å². The van der Waals surface area contributed by atoms with E-state index in [-0.39, 0.29) is 41.0 Å². The molecule has 3 fully saturated rings. The van der Waals surface area contributed by atoms with Gasteiger partial charge in [0, 0.05) is 16.5 Å². The van der Waals surface area contributed by atoms with Gasteiger partial charge in [-0.15, -0.1) is 0 Å². The standard InChI is InChI=1S/C47H35Cl2IN4O8/c1-60-28-14-9-25(10-15-28)47-32(44(57)54(46(47)59)52-35-18-11-26(48)21-33(35)49)22-31-29(40(47)24-19-34(50)41(55)38(20-24)61-2)16-17-30-39(31)45(58)53(43(30)56)27-12-7-23(8-13-27)42-51-36-5-3-4-6-37(36)62-42/h3-16,18-21,30-32,39-40,52,55H,17,22H2,1-2H3/t30-,31+,32-,39-,40-,47+/m0/s1. The van der Waals surface area contributed by atoms with Crippen molar-refractivity contribution in [3.05, 3.63) is 140 Å². The summed E-state index contributed by atoms with van der Waals surface area (Å²) in [5.74, 6) is -4.89. The van der Waals surface area contributed by atoms with E-state index in [1.54, 1.807) is 79.9 Å². The number of oxazole rings is 1. The molecule has 4 aliphatic rings. The van der Waals surface area contributed by atoms with Gasteiger partial charge in [-0.2, -0.15) is 5.01 Å². The van der Waals surface area contributed by atoms with Gasteiger partial charge in [-0.3, -0.25) is 29.5 Å². The molecule has 0 radical (unpaired) electrons. The predicted molar refractivity (Wildman–Crippen MR) is 240 cm³/mol. The fourth-order valence-corrected chi connectivity index (χ4v) is 11.2. The molecule has 2 saturated heterocycles. The van der Waals surface area contributed by atoms with E-state index in [2.05, 4.69) is 10.4 Å². The number of phenolic OH excluding ortho intramolecular Hbond substituents is 1. The molecule has 2 N–H and O–H groups in total. The van der Waals surface area contributed by atoms with Gasteiger partial charge >= 0.3 is 0 Å². The number of anilines is 2. The van der Waals surface area contributed by atoms with Crippen LogP contribution in [0.15, 0.2) is 119 Å². The minimum Gasteiger partial charge on any atom is -0.504 e. The molecular weight excluding hydrogens is 946 g/mol. The third kappa shape index (κ3) is 6.03. The summed E-state index contributed by atoms with van der Waals surface area (Å²) in [6, 6.07) is 29.6. The van der Waals surface area contributed by atoms with Gasteiger partial charge in [0.1, 0.15) is 11.3 Å². The first kappa shape index (κ1) is 40.2. The molecule has 12 nitrogen and oxygen atoms in total. The number of ether oxygens (including phenoxy) is 2. The number of allylic oxidation sites excluding steroid dienone is 2. The molecule has 0 spiro atoms. The molecule has 2 aliphatic carbocycles. The first-order valence-electron chi connectivity index (χ1n) is 19.8. The molecule has 5 aromatic carbocycles. The van der Waals surface area contributed by atoms with Crippen LogP contribution in [-0.2, 0) is 24.6 Å². The monoisotopic (exact) mass is 980 g/mol. The molecule has 1 aromatic heterocycles. The number of nitrogens with zero attached hydrogens (tertiary/aromatic N) is 3. The first-order valence-corrected chi connectivity index (χ1v) is 21.6. The van der Waals surface area contributed by atoms with E-state index >= 15 is 9.59 Å². The number of phenols is 1. The number of carbonyl (C=O) groups is 4. The zero-order valence-electron chi connectivity index (χ0n) is 33.0. The summed E-state index contributed by atoms with van der Waals surface area (Å²) >= 11 is 14.8. The summed E-state index contributed by atoms with van der Waals surface area (Å²) in [4.78, 5) is 66.0. The van der Waals surface area contributed by atoms with E-state index in [1.165, 1.54) is 18.1 Å². The van der Waals surface area contributed by atoms with Crippen LogP contribution in [0.4, 0.5) is 11.4 Å². The number of nitrogens with one attached hydrogen (secondary N) is 1. The van der Waals surface area contributed by atoms with Gasteiger partial charge in [0.05, 0.1) is 57.4 Å². The topological polar surface area (TPSA) is 152 Å². The zero-order chi connectivity index (χ0) is 43.2. The molecule has 0 unspecified atom stereocenters. The van der Waals surface area contributed by atoms with E-state index in [1.807, 2.05) is 52.9 Å². The SMILES string of the molecule is COc1ccc([C@@]23C(=O)N(Nc4ccc(Cl)cc4Cl)C(=O)[C@@H]2C[C@@H]2C(=CC[C@@H]4C(=O)N(c5ccc(-c6nc7ccccc7o6)cc5)C(=O)[C@@H]42)[C@@H]3c2cc(I)c(O)c(OC)c2)cc1. The highest BCUT2D eigenvalue weighted by atomic mass is 127. The number of hydrogen-bond donors (Lipinski definition) is 2. The van der Waals surface area contributed by atoms with E-state index in [9.17, 15) is 14.7 Å². The quantitative estimate of drug-likeness (QED) is 0.0858. The number of hydrogen-bond acceptors (Lipinski definition) is 10. The van der Waals surface area contributed by atoms with Gasteiger partial charge in [-0.05, 0) is 131 Å². The summed E-state index contributed by atoms with van der Waals surface area (Å²) in [6.07, 6.45) is 2.26. The highest BCUT2D eigenvalue weighted by molar-refractivity contribution is 14.1. The fourth-order valence-electron chi connectivity index (χ4n) is 10.1. The summed E-state index contributed by atoms with van der Waals surface area (Å²) in [5, 5.41) is 12.6. The Kier molecular flexibility index (Phi) is 9.83. The first-order chi connectivity index (χ1) is 29.9. The van der Waals surface area contributed by atoms with Crippen molar-refractivity contribution in [2.45, 2.75) is 24.2 Å². The maximum Gasteiger partial charge on any atom is 0.260 e. The van der Waals surface area contributed by atoms with Gasteiger partial charge in [0.25, 0.3) is 11.8 Å². The Labute approximate surface area is 378 Å². The maximum absolute atomic E-state index is 15.6. The van der Waals surface area contributed by atoms with Crippen LogP contribution < -0.4 is 19.8 Å². The molecular formula is C47H35Cl2IN4O8. The number of carbonyl (C=O) groups excluding carboxylic acids is 4. The predicted octanol–water partition coefficient (Wildman–Crippen LogP) is 9.32. The number of imide groups is 2. The molecule has 0 bridgehead atoms. The lowest BCUT2D eigenvalue weighted by molar-refractivity contribution is -0.138. The zero-order valence-corrected chi connectivity index (χ0v) is 36.6. The van der Waals surface area contributed by atoms with E-state index < -0.39 is 52.7 Å². The number of amides is 4. The van der Waals surface area contributed by atoms with Crippen molar-refractivity contribution in [3.8, 4) is 28.7 Å². The number of halogens is 3. The number of benzene rings is 5. The van der Waals surface area contributed by atoms with E-state index in [4.69, 9.17) is 37.1 Å². The average molecular weight is 982 g/mol. The second kappa shape index (κ2) is 15.2. The molecule has 6 atom stereocenters. The average Bonchev–Trinajstić information content (AvgIpc) is 3.90. The fraction of sp³-hybridized carbons (Fsp3) is 0.213. The third-order valence-electron chi connectivity index (χ3n) is 12.9. The molecule has 62 heavy (non-hydrogen) atoms. The van der Waals surface area contributed by atoms with Gasteiger partial charge in [0.15, 0.2) is 17.1 Å². The Morgan fingerprint density at radius 2 is 1.63 bits per heavy atom. The highest BCUT2D eigenvalue weighted by Gasteiger charge is 2.70. The second-order valence-electron chi connectivity index (χ2n) is 15.8. The number of rotatable bonds is 8. The van der Waals surface area contributed by atoms with Crippen LogP contribution in [0, 0.1) is 27.2 Å². The van der Waals surface area contributed by atoms with E-state index in [0.29, 0.717) is 53.7 Å². The van der Waals surface area contributed by atoms with Crippen molar-refractivity contribution in [1.29, 1.82) is 0 Å². The highest BCUT2D eigenvalue weighted by Crippen LogP contribution is 2.65. The Bertz CT molecular complexity index is 2870. The van der Waals surface area contributed by atoms with Crippen molar-refractivity contribution in [2.24, 2.45) is 23.7 Å². The lowest BCUT2D eigenvalue weighted by Crippen LogP contribution is -2.53. The third-order valence-corrected chi connectivity index (χ3v) is 14.2. The Morgan fingerprint density at radius 3 is 2.34 bits per heavy atom. The molecule has 2 aliphatic heterocycles. The summed E-state index contributed by atoms with van der Waals surface area (Å²) in [6.45, 7) is 0. The van der Waals surface area contributed by atoms with Crippen molar-refractivity contribution in [3.63, 3.8) is 0 Å². The summed E-state index contributed by atoms with van der Waals surface area (Å²) in [7, 11) is 2.98. The van der Waals surface area contributed by atoms with Crippen LogP contribution in [0.2, 0.25) is 10.0 Å². The summed E-state index contributed by atoms with van der Waals surface area (Å²) < 4.78 is 17.6. The van der Waals surface area contributed by atoms with Crippen LogP contribution in [0.25, 0.3) is 22.6 Å². The van der Waals surface area contributed by atoms with Crippen molar-refractivity contribution < 1.29 is 38.2 Å². The van der Waals surface area contributed by atoms with Crippen LogP contribution in [-0.4, -0.2) is 52.9 Å². The van der Waals surface area contributed by atoms with Crippen LogP contribution in [0.5, 0.6) is 17.2 Å². The Morgan fingerprint density at radius 1 is 0.871 bits per heavy atom. The Balaban J connectivity index is 1.10. The van der Waals surface area contributed by atoms with Gasteiger partial charge in [0.2, 0.25) is 17.7 Å². The number of methoxy groups -OCH3 is 2. The van der Waals surface area contributed by atoms with Crippen LogP contribution in [0.3, 0.4) is 0 Å². The van der Waals surface area contributed by atoms with Crippen molar-refractivity contribution in [1.82, 2.24) is 9.99 Å².